The van der Waals surface area contributed by atoms with Crippen molar-refractivity contribution in [2.75, 3.05) is 32.8 Å². The molecule has 1 aromatic carbocycles. The van der Waals surface area contributed by atoms with Crippen LogP contribution in [0.25, 0.3) is 0 Å². The molecule has 0 spiro atoms. The maximum Gasteiger partial charge on any atom is 0.237 e. The highest BCUT2D eigenvalue weighted by atomic mass is 32.1. The minimum absolute atomic E-state index is 0.0837. The van der Waals surface area contributed by atoms with E-state index in [0.29, 0.717) is 32.2 Å². The monoisotopic (exact) mass is 430 g/mol. The van der Waals surface area contributed by atoms with Crippen LogP contribution in [0.15, 0.2) is 35.7 Å². The van der Waals surface area contributed by atoms with Crippen LogP contribution in [0.2, 0.25) is 0 Å². The Balaban J connectivity index is 1.75. The molecule has 2 aromatic rings. The van der Waals surface area contributed by atoms with Gasteiger partial charge in [-0.25, -0.2) is 0 Å². The summed E-state index contributed by atoms with van der Waals surface area (Å²) in [6.07, 6.45) is 0.432. The lowest BCUT2D eigenvalue weighted by atomic mass is 10.00. The minimum Gasteiger partial charge on any atom is -0.491 e. The van der Waals surface area contributed by atoms with Crippen LogP contribution in [0.3, 0.4) is 0 Å². The topological polar surface area (TPSA) is 53.0 Å². The van der Waals surface area contributed by atoms with Gasteiger partial charge in [-0.1, -0.05) is 32.0 Å². The summed E-state index contributed by atoms with van der Waals surface area (Å²) in [5.74, 6) is 1.40. The number of ether oxygens (including phenoxy) is 1. The summed E-state index contributed by atoms with van der Waals surface area (Å²) in [5, 5.41) is 12.0. The number of benzene rings is 1. The van der Waals surface area contributed by atoms with E-state index in [4.69, 9.17) is 4.74 Å². The van der Waals surface area contributed by atoms with Gasteiger partial charge < -0.3 is 14.7 Å². The molecule has 0 unspecified atom stereocenters. The Morgan fingerprint density at radius 2 is 2.03 bits per heavy atom. The number of carbonyl (C=O) groups excluding carboxylic acids is 1. The highest BCUT2D eigenvalue weighted by Crippen LogP contribution is 2.34. The van der Waals surface area contributed by atoms with Gasteiger partial charge in [0.05, 0.1) is 18.7 Å². The Hall–Kier alpha value is -1.89. The van der Waals surface area contributed by atoms with Crippen molar-refractivity contribution in [3.8, 4) is 5.75 Å². The molecule has 1 aliphatic heterocycles. The molecule has 6 heteroatoms. The average Bonchev–Trinajstić information content (AvgIpc) is 3.15. The van der Waals surface area contributed by atoms with E-state index in [0.717, 1.165) is 24.3 Å². The molecule has 1 aromatic heterocycles. The van der Waals surface area contributed by atoms with E-state index in [2.05, 4.69) is 30.2 Å². The molecule has 0 fully saturated rings. The lowest BCUT2D eigenvalue weighted by molar-refractivity contribution is -0.136. The van der Waals surface area contributed by atoms with Gasteiger partial charge in [-0.15, -0.1) is 11.3 Å². The molecular formula is C24H34N2O3S. The number of rotatable bonds is 9. The smallest absolute Gasteiger partial charge is 0.237 e. The van der Waals surface area contributed by atoms with Gasteiger partial charge in [-0.3, -0.25) is 9.69 Å². The number of amides is 1. The Morgan fingerprint density at radius 3 is 2.73 bits per heavy atom. The largest absolute Gasteiger partial charge is 0.491 e. The highest BCUT2D eigenvalue weighted by Gasteiger charge is 2.33. The summed E-state index contributed by atoms with van der Waals surface area (Å²) < 4.78 is 6.17. The molecule has 0 radical (unpaired) electrons. The number of para-hydroxylation sites is 1. The van der Waals surface area contributed by atoms with Crippen LogP contribution >= 0.6 is 11.3 Å². The normalized spacial score (nSPS) is 17.3. The molecule has 0 saturated carbocycles. The van der Waals surface area contributed by atoms with E-state index in [1.165, 1.54) is 10.4 Å². The van der Waals surface area contributed by atoms with Crippen LogP contribution < -0.4 is 4.74 Å². The third-order valence-electron chi connectivity index (χ3n) is 5.41. The molecular weight excluding hydrogens is 396 g/mol. The average molecular weight is 431 g/mol. The summed E-state index contributed by atoms with van der Waals surface area (Å²) in [4.78, 5) is 18.7. The number of hydrogen-bond donors (Lipinski definition) is 1. The SMILES string of the molecule is Cc1ccccc1OC[C@H]1c2ccsc2CCN1C(=O)CN(CC(C)C)C[C@H](C)O. The van der Waals surface area contributed by atoms with E-state index in [1.54, 1.807) is 18.3 Å². The predicted octanol–water partition coefficient (Wildman–Crippen LogP) is 3.90. The Labute approximate surface area is 184 Å². The molecule has 1 amide bonds. The van der Waals surface area contributed by atoms with Crippen molar-refractivity contribution in [2.45, 2.75) is 46.3 Å². The zero-order valence-electron chi connectivity index (χ0n) is 18.5. The minimum atomic E-state index is -0.457. The molecule has 3 rings (SSSR count). The van der Waals surface area contributed by atoms with E-state index in [1.807, 2.05) is 36.1 Å². The summed E-state index contributed by atoms with van der Waals surface area (Å²) in [5.41, 5.74) is 2.30. The second-order valence-corrected chi connectivity index (χ2v) is 9.67. The Morgan fingerprint density at radius 1 is 1.27 bits per heavy atom. The maximum absolute atomic E-state index is 13.3. The summed E-state index contributed by atoms with van der Waals surface area (Å²) in [6.45, 7) is 10.9. The first kappa shape index (κ1) is 22.8. The summed E-state index contributed by atoms with van der Waals surface area (Å²) in [7, 11) is 0. The number of thiophene rings is 1. The fourth-order valence-electron chi connectivity index (χ4n) is 4.14. The first-order valence-electron chi connectivity index (χ1n) is 10.8. The highest BCUT2D eigenvalue weighted by molar-refractivity contribution is 7.10. The van der Waals surface area contributed by atoms with Crippen LogP contribution in [0.5, 0.6) is 5.75 Å². The lowest BCUT2D eigenvalue weighted by Gasteiger charge is -2.37. The fourth-order valence-corrected chi connectivity index (χ4v) is 5.07. The summed E-state index contributed by atoms with van der Waals surface area (Å²) in [6, 6.07) is 10.0. The second kappa shape index (κ2) is 10.4. The molecule has 0 bridgehead atoms. The number of fused-ring (bicyclic) bond motifs is 1. The van der Waals surface area contributed by atoms with Crippen LogP contribution in [0.4, 0.5) is 0 Å². The van der Waals surface area contributed by atoms with E-state index < -0.39 is 6.10 Å². The predicted molar refractivity (Wildman–Crippen MR) is 122 cm³/mol. The van der Waals surface area contributed by atoms with Gasteiger partial charge in [0, 0.05) is 24.5 Å². The van der Waals surface area contributed by atoms with Gasteiger partial charge in [0.15, 0.2) is 0 Å². The molecule has 1 aliphatic rings. The van der Waals surface area contributed by atoms with Crippen molar-refractivity contribution in [1.29, 1.82) is 0 Å². The zero-order chi connectivity index (χ0) is 21.7. The van der Waals surface area contributed by atoms with E-state index >= 15 is 0 Å². The second-order valence-electron chi connectivity index (χ2n) is 8.67. The van der Waals surface area contributed by atoms with Gasteiger partial charge >= 0.3 is 0 Å². The van der Waals surface area contributed by atoms with E-state index in [-0.39, 0.29) is 11.9 Å². The molecule has 5 nitrogen and oxygen atoms in total. The standard InChI is InChI=1S/C24H34N2O3S/c1-17(2)13-25(14-19(4)27)15-24(28)26-11-9-23-20(10-12-30-23)21(26)16-29-22-8-6-5-7-18(22)3/h5-8,10,12,17,19,21,27H,9,11,13-16H2,1-4H3/t19-,21-/m0/s1. The molecule has 0 aliphatic carbocycles. The fraction of sp³-hybridized carbons (Fsp3) is 0.542. The van der Waals surface area contributed by atoms with Gasteiger partial charge in [-0.05, 0) is 54.8 Å². The van der Waals surface area contributed by atoms with Crippen molar-refractivity contribution < 1.29 is 14.6 Å². The molecule has 1 N–H and O–H groups in total. The summed E-state index contributed by atoms with van der Waals surface area (Å²) >= 11 is 1.76. The van der Waals surface area contributed by atoms with Crippen molar-refractivity contribution in [2.24, 2.45) is 5.92 Å². The number of nitrogens with zero attached hydrogens (tertiary/aromatic N) is 2. The van der Waals surface area contributed by atoms with Crippen molar-refractivity contribution in [3.05, 3.63) is 51.7 Å². The number of carbonyl (C=O) groups is 1. The van der Waals surface area contributed by atoms with Crippen LogP contribution in [-0.2, 0) is 11.2 Å². The van der Waals surface area contributed by atoms with Crippen molar-refractivity contribution >= 4 is 17.2 Å². The maximum atomic E-state index is 13.3. The Bertz CT molecular complexity index is 823. The molecule has 30 heavy (non-hydrogen) atoms. The third-order valence-corrected chi connectivity index (χ3v) is 6.41. The van der Waals surface area contributed by atoms with Crippen molar-refractivity contribution in [1.82, 2.24) is 9.80 Å². The molecule has 2 heterocycles. The number of aliphatic hydroxyl groups is 1. The van der Waals surface area contributed by atoms with Gasteiger partial charge in [-0.2, -0.15) is 0 Å². The van der Waals surface area contributed by atoms with Crippen LogP contribution in [-0.4, -0.2) is 59.7 Å². The number of aliphatic hydroxyl groups excluding tert-OH is 1. The van der Waals surface area contributed by atoms with Crippen LogP contribution in [0.1, 0.15) is 42.8 Å². The van der Waals surface area contributed by atoms with Gasteiger partial charge in [0.1, 0.15) is 12.4 Å². The molecule has 0 saturated heterocycles. The van der Waals surface area contributed by atoms with E-state index in [9.17, 15) is 9.90 Å². The Kier molecular flexibility index (Phi) is 7.92. The molecule has 2 atom stereocenters. The van der Waals surface area contributed by atoms with Gasteiger partial charge in [0.25, 0.3) is 0 Å². The molecule has 164 valence electrons. The van der Waals surface area contributed by atoms with Crippen LogP contribution in [0, 0.1) is 12.8 Å². The first-order chi connectivity index (χ1) is 14.3. The van der Waals surface area contributed by atoms with Crippen molar-refractivity contribution in [3.63, 3.8) is 0 Å². The number of aryl methyl sites for hydroxylation is 1. The van der Waals surface area contributed by atoms with Gasteiger partial charge in [0.2, 0.25) is 5.91 Å². The first-order valence-corrected chi connectivity index (χ1v) is 11.7. The zero-order valence-corrected chi connectivity index (χ0v) is 19.3. The number of hydrogen-bond acceptors (Lipinski definition) is 5. The lowest BCUT2D eigenvalue weighted by Crippen LogP contribution is -2.48. The quantitative estimate of drug-likeness (QED) is 0.656. The third kappa shape index (κ3) is 5.84.